The number of nitrogens with one attached hydrogen (secondary N) is 2. The number of benzene rings is 1. The number of hydrogen-bond donors (Lipinski definition) is 3. The number of nitrogens with zero attached hydrogens (tertiary/aromatic N) is 2. The summed E-state index contributed by atoms with van der Waals surface area (Å²) in [6.07, 6.45) is -0.0830. The average molecular weight is 471 g/mol. The summed E-state index contributed by atoms with van der Waals surface area (Å²) >= 11 is 1.78. The Morgan fingerprint density at radius 2 is 1.94 bits per heavy atom. The predicted octanol–water partition coefficient (Wildman–Crippen LogP) is 4.14. The van der Waals surface area contributed by atoms with Crippen LogP contribution in [0.2, 0.25) is 0 Å². The van der Waals surface area contributed by atoms with E-state index in [1.54, 1.807) is 11.3 Å². The number of carbonyl (C=O) groups is 2. The molecule has 0 bridgehead atoms. The van der Waals surface area contributed by atoms with Gasteiger partial charge in [0.05, 0.1) is 5.01 Å². The first kappa shape index (κ1) is 24.0. The molecule has 0 unspecified atom stereocenters. The number of anilines is 1. The third-order valence-electron chi connectivity index (χ3n) is 5.36. The minimum Gasteiger partial charge on any atom is -0.475 e. The normalized spacial score (nSPS) is 16.6. The molecule has 2 aliphatic heterocycles. The number of carboxylic acid groups (broad SMARTS) is 1. The van der Waals surface area contributed by atoms with Crippen LogP contribution in [0.1, 0.15) is 39.8 Å². The van der Waals surface area contributed by atoms with Gasteiger partial charge in [0.25, 0.3) is 0 Å². The topological polar surface area (TPSA) is 94.6 Å². The first-order valence-corrected chi connectivity index (χ1v) is 11.1. The van der Waals surface area contributed by atoms with Gasteiger partial charge in [-0.2, -0.15) is 13.2 Å². The number of urea groups is 1. The third-order valence-corrected chi connectivity index (χ3v) is 6.43. The number of hydrogen-bond acceptors (Lipinski definition) is 5. The molecule has 2 amide bonds. The second kappa shape index (κ2) is 10.3. The number of halogens is 3. The third kappa shape index (κ3) is 6.42. The van der Waals surface area contributed by atoms with Crippen molar-refractivity contribution in [3.05, 3.63) is 45.4 Å². The van der Waals surface area contributed by atoms with E-state index < -0.39 is 12.1 Å². The summed E-state index contributed by atoms with van der Waals surface area (Å²) in [5.74, 6) is -2.26. The molecule has 174 valence electrons. The van der Waals surface area contributed by atoms with Crippen LogP contribution in [0.3, 0.4) is 0 Å². The van der Waals surface area contributed by atoms with E-state index in [0.717, 1.165) is 51.1 Å². The average Bonchev–Trinajstić information content (AvgIpc) is 3.20. The number of rotatable bonds is 2. The molecule has 0 atom stereocenters. The van der Waals surface area contributed by atoms with Crippen LogP contribution in [0.25, 0.3) is 0 Å². The molecule has 4 rings (SSSR count). The quantitative estimate of drug-likeness (QED) is 0.613. The minimum atomic E-state index is -5.08. The van der Waals surface area contributed by atoms with Gasteiger partial charge in [0, 0.05) is 42.3 Å². The fourth-order valence-corrected chi connectivity index (χ4v) is 4.59. The summed E-state index contributed by atoms with van der Waals surface area (Å²) in [5.41, 5.74) is 3.57. The van der Waals surface area contributed by atoms with E-state index >= 15 is 0 Å². The maximum atomic E-state index is 12.6. The van der Waals surface area contributed by atoms with Crippen LogP contribution in [0.4, 0.5) is 23.7 Å². The number of likely N-dealkylation sites (tertiary alicyclic amines) is 1. The van der Waals surface area contributed by atoms with Gasteiger partial charge in [0.1, 0.15) is 0 Å². The molecule has 3 N–H and O–H groups in total. The van der Waals surface area contributed by atoms with Gasteiger partial charge in [0.15, 0.2) is 0 Å². The molecule has 1 aromatic carbocycles. The van der Waals surface area contributed by atoms with Gasteiger partial charge in [-0.25, -0.2) is 14.6 Å². The van der Waals surface area contributed by atoms with E-state index in [1.807, 2.05) is 17.2 Å². The number of piperidine rings is 1. The Labute approximate surface area is 187 Å². The minimum absolute atomic E-state index is 0.0116. The first-order chi connectivity index (χ1) is 15.1. The number of carboxylic acids is 1. The Morgan fingerprint density at radius 1 is 1.25 bits per heavy atom. The molecule has 7 nitrogen and oxygen atoms in total. The Kier molecular flexibility index (Phi) is 7.73. The fraction of sp³-hybridized carbons (Fsp3) is 0.476. The van der Waals surface area contributed by atoms with Crippen LogP contribution >= 0.6 is 11.3 Å². The zero-order valence-electron chi connectivity index (χ0n) is 17.5. The first-order valence-electron chi connectivity index (χ1n) is 10.2. The zero-order valence-corrected chi connectivity index (χ0v) is 18.4. The maximum Gasteiger partial charge on any atom is 0.490 e. The number of aliphatic carboxylic acids is 1. The maximum absolute atomic E-state index is 12.6. The molecule has 0 saturated carbocycles. The van der Waals surface area contributed by atoms with Gasteiger partial charge < -0.3 is 20.6 Å². The molecule has 1 aromatic heterocycles. The van der Waals surface area contributed by atoms with Gasteiger partial charge in [-0.15, -0.1) is 11.3 Å². The molecular weight excluding hydrogens is 445 g/mol. The lowest BCUT2D eigenvalue weighted by Gasteiger charge is -2.31. The monoisotopic (exact) mass is 470 g/mol. The number of amides is 2. The van der Waals surface area contributed by atoms with Crippen LogP contribution < -0.4 is 10.6 Å². The predicted molar refractivity (Wildman–Crippen MR) is 115 cm³/mol. The van der Waals surface area contributed by atoms with Crippen molar-refractivity contribution in [3.63, 3.8) is 0 Å². The number of alkyl halides is 3. The van der Waals surface area contributed by atoms with Crippen LogP contribution in [0.15, 0.2) is 24.4 Å². The molecular formula is C21H25F3N4O3S. The van der Waals surface area contributed by atoms with Crippen molar-refractivity contribution in [1.29, 1.82) is 0 Å². The van der Waals surface area contributed by atoms with Crippen molar-refractivity contribution in [3.8, 4) is 0 Å². The van der Waals surface area contributed by atoms with Crippen molar-refractivity contribution >= 4 is 29.0 Å². The lowest BCUT2D eigenvalue weighted by Crippen LogP contribution is -2.40. The van der Waals surface area contributed by atoms with Crippen LogP contribution in [0.5, 0.6) is 0 Å². The van der Waals surface area contributed by atoms with Gasteiger partial charge in [0.2, 0.25) is 0 Å². The van der Waals surface area contributed by atoms with E-state index in [2.05, 4.69) is 34.7 Å². The molecule has 3 heterocycles. The highest BCUT2D eigenvalue weighted by Crippen LogP contribution is 2.31. The second-order valence-electron chi connectivity index (χ2n) is 7.71. The highest BCUT2D eigenvalue weighted by atomic mass is 32.1. The highest BCUT2D eigenvalue weighted by Gasteiger charge is 2.38. The molecule has 32 heavy (non-hydrogen) atoms. The van der Waals surface area contributed by atoms with Crippen LogP contribution in [0, 0.1) is 6.92 Å². The molecule has 11 heteroatoms. The Morgan fingerprint density at radius 3 is 2.53 bits per heavy atom. The second-order valence-corrected chi connectivity index (χ2v) is 8.98. The summed E-state index contributed by atoms with van der Waals surface area (Å²) < 4.78 is 31.7. The number of fused-ring (bicyclic) bond motifs is 1. The standard InChI is InChI=1S/C19H24N4OS.C2HF3O2/c1-13-11-21-18(25-13)15-5-8-23(9-6-15)19(24)22-17-3-2-14-4-7-20-12-16(14)10-17;3-2(4,5)1(6)7/h2-3,10-11,15,20H,4-9,12H2,1H3,(H,22,24);(H,6,7). The van der Waals surface area contributed by atoms with Gasteiger partial charge in [-0.05, 0) is 56.0 Å². The van der Waals surface area contributed by atoms with Crippen molar-refractivity contribution < 1.29 is 27.9 Å². The van der Waals surface area contributed by atoms with Gasteiger partial charge in [-0.1, -0.05) is 6.07 Å². The smallest absolute Gasteiger partial charge is 0.475 e. The SMILES string of the molecule is Cc1cnc(C2CCN(C(=O)Nc3ccc4c(c3)CNCC4)CC2)s1.O=C(O)C(F)(F)F. The summed E-state index contributed by atoms with van der Waals surface area (Å²) in [5, 5.41) is 14.8. The zero-order chi connectivity index (χ0) is 23.3. The Hall–Kier alpha value is -2.66. The summed E-state index contributed by atoms with van der Waals surface area (Å²) in [6, 6.07) is 6.28. The number of aryl methyl sites for hydroxylation is 1. The molecule has 1 saturated heterocycles. The van der Waals surface area contributed by atoms with Crippen LogP contribution in [-0.4, -0.2) is 52.8 Å². The van der Waals surface area contributed by atoms with Crippen molar-refractivity contribution in [2.24, 2.45) is 0 Å². The molecule has 2 aliphatic rings. The van der Waals surface area contributed by atoms with E-state index in [-0.39, 0.29) is 6.03 Å². The Bertz CT molecular complexity index is 956. The number of thiazole rings is 1. The Balaban J connectivity index is 0.000000360. The van der Waals surface area contributed by atoms with E-state index in [1.165, 1.54) is 21.0 Å². The lowest BCUT2D eigenvalue weighted by atomic mass is 9.98. The van der Waals surface area contributed by atoms with Crippen molar-refractivity contribution in [2.75, 3.05) is 25.0 Å². The molecule has 1 fully saturated rings. The highest BCUT2D eigenvalue weighted by molar-refractivity contribution is 7.11. The summed E-state index contributed by atoms with van der Waals surface area (Å²) in [7, 11) is 0. The van der Waals surface area contributed by atoms with Gasteiger partial charge >= 0.3 is 18.2 Å². The summed E-state index contributed by atoms with van der Waals surface area (Å²) in [4.78, 5) is 29.2. The summed E-state index contributed by atoms with van der Waals surface area (Å²) in [6.45, 7) is 5.60. The molecule has 0 aliphatic carbocycles. The van der Waals surface area contributed by atoms with E-state index in [9.17, 15) is 18.0 Å². The molecule has 0 radical (unpaired) electrons. The number of carbonyl (C=O) groups excluding carboxylic acids is 1. The molecule has 2 aromatic rings. The fourth-order valence-electron chi connectivity index (χ4n) is 3.65. The van der Waals surface area contributed by atoms with Crippen LogP contribution in [-0.2, 0) is 17.8 Å². The van der Waals surface area contributed by atoms with Crippen molar-refractivity contribution in [2.45, 2.75) is 44.8 Å². The molecule has 0 spiro atoms. The largest absolute Gasteiger partial charge is 0.490 e. The van der Waals surface area contributed by atoms with Gasteiger partial charge in [-0.3, -0.25) is 0 Å². The lowest BCUT2D eigenvalue weighted by molar-refractivity contribution is -0.192. The van der Waals surface area contributed by atoms with E-state index in [0.29, 0.717) is 5.92 Å². The van der Waals surface area contributed by atoms with E-state index in [4.69, 9.17) is 9.90 Å². The van der Waals surface area contributed by atoms with Crippen molar-refractivity contribution in [1.82, 2.24) is 15.2 Å². The number of aromatic nitrogens is 1.